The van der Waals surface area contributed by atoms with Gasteiger partial charge in [-0.1, -0.05) is 55.1 Å². The van der Waals surface area contributed by atoms with Gasteiger partial charge in [0.25, 0.3) is 11.7 Å². The summed E-state index contributed by atoms with van der Waals surface area (Å²) in [4.78, 5) is 28.2. The maximum atomic E-state index is 13.4. The Morgan fingerprint density at radius 3 is 2.57 bits per heavy atom. The van der Waals surface area contributed by atoms with Crippen molar-refractivity contribution in [1.82, 2.24) is 4.90 Å². The number of nitrogens with zero attached hydrogens (tertiary/aromatic N) is 1. The van der Waals surface area contributed by atoms with E-state index in [0.29, 0.717) is 61.2 Å². The van der Waals surface area contributed by atoms with Gasteiger partial charge in [-0.05, 0) is 47.9 Å². The van der Waals surface area contributed by atoms with Gasteiger partial charge in [-0.15, -0.1) is 0 Å². The normalized spacial score (nSPS) is 18.1. The summed E-state index contributed by atoms with van der Waals surface area (Å²) in [6.45, 7) is 5.12. The number of benzene rings is 3. The molecular weight excluding hydrogens is 470 g/mol. The molecule has 1 atom stereocenters. The quantitative estimate of drug-likeness (QED) is 0.210. The molecule has 2 aliphatic rings. The Labute approximate surface area is 215 Å². The average Bonchev–Trinajstić information content (AvgIpc) is 3.20. The van der Waals surface area contributed by atoms with Crippen LogP contribution < -0.4 is 14.2 Å². The van der Waals surface area contributed by atoms with Crippen molar-refractivity contribution in [2.75, 3.05) is 26.4 Å². The van der Waals surface area contributed by atoms with Crippen LogP contribution in [0.2, 0.25) is 0 Å². The molecule has 5 rings (SSSR count). The van der Waals surface area contributed by atoms with Crippen molar-refractivity contribution in [2.24, 2.45) is 0 Å². The number of Topliss-reactive ketones (excluding diaryl/α,β-unsaturated/α-hetero) is 1. The first-order valence-electron chi connectivity index (χ1n) is 12.1. The molecule has 3 aromatic carbocycles. The van der Waals surface area contributed by atoms with Gasteiger partial charge in [-0.25, -0.2) is 0 Å². The van der Waals surface area contributed by atoms with Crippen LogP contribution in [0, 0.1) is 0 Å². The van der Waals surface area contributed by atoms with E-state index < -0.39 is 17.7 Å². The summed E-state index contributed by atoms with van der Waals surface area (Å²) < 4.78 is 16.9. The second-order valence-corrected chi connectivity index (χ2v) is 8.76. The minimum atomic E-state index is -0.788. The molecule has 0 aromatic heterocycles. The predicted octanol–water partition coefficient (Wildman–Crippen LogP) is 4.69. The second kappa shape index (κ2) is 10.6. The fourth-order valence-corrected chi connectivity index (χ4v) is 4.63. The monoisotopic (exact) mass is 497 g/mol. The highest BCUT2D eigenvalue weighted by molar-refractivity contribution is 6.46. The summed E-state index contributed by atoms with van der Waals surface area (Å²) >= 11 is 0. The summed E-state index contributed by atoms with van der Waals surface area (Å²) in [5.74, 6) is -0.0367. The van der Waals surface area contributed by atoms with Crippen molar-refractivity contribution in [3.63, 3.8) is 0 Å². The molecule has 1 fully saturated rings. The molecule has 0 aliphatic carbocycles. The summed E-state index contributed by atoms with van der Waals surface area (Å²) in [5, 5.41) is 11.4. The molecule has 7 heteroatoms. The first-order chi connectivity index (χ1) is 18.1. The fourth-order valence-electron chi connectivity index (χ4n) is 4.63. The molecule has 2 aliphatic heterocycles. The molecule has 188 valence electrons. The van der Waals surface area contributed by atoms with E-state index in [4.69, 9.17) is 14.2 Å². The van der Waals surface area contributed by atoms with E-state index >= 15 is 0 Å². The van der Waals surface area contributed by atoms with Crippen molar-refractivity contribution in [2.45, 2.75) is 12.5 Å². The summed E-state index contributed by atoms with van der Waals surface area (Å²) in [6, 6.07) is 21.1. The third-order valence-electron chi connectivity index (χ3n) is 6.38. The number of fused-ring (bicyclic) bond motifs is 1. The third-order valence-corrected chi connectivity index (χ3v) is 6.38. The second-order valence-electron chi connectivity index (χ2n) is 8.76. The zero-order chi connectivity index (χ0) is 25.8. The molecule has 3 aromatic rings. The van der Waals surface area contributed by atoms with Gasteiger partial charge in [0.1, 0.15) is 31.3 Å². The van der Waals surface area contributed by atoms with Crippen LogP contribution in [-0.2, 0) is 16.0 Å². The van der Waals surface area contributed by atoms with Crippen LogP contribution in [0.5, 0.6) is 17.2 Å². The van der Waals surface area contributed by atoms with Crippen molar-refractivity contribution < 1.29 is 28.9 Å². The van der Waals surface area contributed by atoms with Crippen LogP contribution >= 0.6 is 0 Å². The molecule has 2 heterocycles. The molecule has 1 amide bonds. The Balaban J connectivity index is 1.57. The van der Waals surface area contributed by atoms with Gasteiger partial charge in [0.05, 0.1) is 11.6 Å². The predicted molar refractivity (Wildman–Crippen MR) is 139 cm³/mol. The highest BCUT2D eigenvalue weighted by Crippen LogP contribution is 2.41. The molecule has 1 N–H and O–H groups in total. The molecule has 0 spiro atoms. The van der Waals surface area contributed by atoms with Crippen molar-refractivity contribution >= 4 is 17.4 Å². The lowest BCUT2D eigenvalue weighted by molar-refractivity contribution is -0.139. The van der Waals surface area contributed by atoms with Crippen LogP contribution in [0.3, 0.4) is 0 Å². The van der Waals surface area contributed by atoms with Crippen LogP contribution in [0.1, 0.15) is 22.7 Å². The molecule has 7 nitrogen and oxygen atoms in total. The molecule has 0 unspecified atom stereocenters. The first kappa shape index (κ1) is 24.2. The van der Waals surface area contributed by atoms with Gasteiger partial charge in [0.15, 0.2) is 11.5 Å². The maximum absolute atomic E-state index is 13.4. The van der Waals surface area contributed by atoms with Crippen LogP contribution in [0.4, 0.5) is 0 Å². The summed E-state index contributed by atoms with van der Waals surface area (Å²) in [7, 11) is 0. The van der Waals surface area contributed by atoms with Gasteiger partial charge in [0.2, 0.25) is 0 Å². The largest absolute Gasteiger partial charge is 0.507 e. The number of aliphatic hydroxyl groups is 1. The van der Waals surface area contributed by atoms with Crippen molar-refractivity contribution in [3.05, 3.63) is 108 Å². The Hall–Kier alpha value is -4.52. The lowest BCUT2D eigenvalue weighted by Crippen LogP contribution is -2.31. The van der Waals surface area contributed by atoms with E-state index in [9.17, 15) is 14.7 Å². The number of rotatable bonds is 8. The lowest BCUT2D eigenvalue weighted by atomic mass is 9.95. The number of carbonyl (C=O) groups is 2. The minimum Gasteiger partial charge on any atom is -0.507 e. The van der Waals surface area contributed by atoms with Gasteiger partial charge in [0, 0.05) is 12.1 Å². The lowest BCUT2D eigenvalue weighted by Gasteiger charge is -2.26. The van der Waals surface area contributed by atoms with Gasteiger partial charge in [-0.3, -0.25) is 9.59 Å². The highest BCUT2D eigenvalue weighted by Gasteiger charge is 2.46. The van der Waals surface area contributed by atoms with Gasteiger partial charge >= 0.3 is 0 Å². The topological polar surface area (TPSA) is 85.3 Å². The summed E-state index contributed by atoms with van der Waals surface area (Å²) in [5.41, 5.74) is 2.09. The number of amides is 1. The number of carbonyl (C=O) groups excluding carboxylic acids is 2. The Bertz CT molecular complexity index is 1360. The highest BCUT2D eigenvalue weighted by atomic mass is 16.6. The maximum Gasteiger partial charge on any atom is 0.295 e. The van der Waals surface area contributed by atoms with E-state index in [-0.39, 0.29) is 11.3 Å². The Kier molecular flexibility index (Phi) is 6.94. The zero-order valence-electron chi connectivity index (χ0n) is 20.3. The average molecular weight is 498 g/mol. The molecule has 0 radical (unpaired) electrons. The van der Waals surface area contributed by atoms with Crippen molar-refractivity contribution in [3.8, 4) is 17.2 Å². The Morgan fingerprint density at radius 2 is 1.78 bits per heavy atom. The fraction of sp³-hybridized carbons (Fsp3) is 0.200. The first-order valence-corrected chi connectivity index (χ1v) is 12.1. The number of aliphatic hydroxyl groups excluding tert-OH is 1. The van der Waals surface area contributed by atoms with E-state index in [0.717, 1.165) is 5.56 Å². The van der Waals surface area contributed by atoms with Crippen LogP contribution in [-0.4, -0.2) is 48.1 Å². The molecule has 0 bridgehead atoms. The van der Waals surface area contributed by atoms with Crippen LogP contribution in [0.15, 0.2) is 91.0 Å². The van der Waals surface area contributed by atoms with Crippen LogP contribution in [0.25, 0.3) is 5.76 Å². The smallest absolute Gasteiger partial charge is 0.295 e. The minimum absolute atomic E-state index is 0.0237. The van der Waals surface area contributed by atoms with E-state index in [2.05, 4.69) is 6.58 Å². The molecule has 0 saturated carbocycles. The number of hydrogen-bond acceptors (Lipinski definition) is 6. The number of ketones is 1. The van der Waals surface area contributed by atoms with E-state index in [1.807, 2.05) is 36.4 Å². The van der Waals surface area contributed by atoms with Crippen molar-refractivity contribution in [1.29, 1.82) is 0 Å². The van der Waals surface area contributed by atoms with E-state index in [1.54, 1.807) is 42.5 Å². The third kappa shape index (κ3) is 4.93. The zero-order valence-corrected chi connectivity index (χ0v) is 20.3. The van der Waals surface area contributed by atoms with Gasteiger partial charge in [-0.2, -0.15) is 0 Å². The SMILES string of the molecule is C=CCOc1cccc([C@H]2/C(=C(\O)c3ccc4c(c3)OCCO4)C(=O)C(=O)N2CCc2ccccc2)c1. The number of hydrogen-bond donors (Lipinski definition) is 1. The number of ether oxygens (including phenoxy) is 3. The Morgan fingerprint density at radius 1 is 1.00 bits per heavy atom. The standard InChI is InChI=1S/C30H27NO6/c1-2-15-35-23-10-6-9-21(18-23)27-26(28(32)22-11-12-24-25(19-22)37-17-16-36-24)29(33)30(34)31(27)14-13-20-7-4-3-5-8-20/h2-12,18-19,27,32H,1,13-17H2/b28-26+/t27-/m0/s1. The molecular formula is C30H27NO6. The number of likely N-dealkylation sites (tertiary alicyclic amines) is 1. The van der Waals surface area contributed by atoms with E-state index in [1.165, 1.54) is 4.90 Å². The summed E-state index contributed by atoms with van der Waals surface area (Å²) in [6.07, 6.45) is 2.20. The van der Waals surface area contributed by atoms with Gasteiger partial charge < -0.3 is 24.2 Å². The molecule has 37 heavy (non-hydrogen) atoms. The molecule has 1 saturated heterocycles.